The van der Waals surface area contributed by atoms with E-state index in [2.05, 4.69) is 64.2 Å². The predicted molar refractivity (Wildman–Crippen MR) is 92.1 cm³/mol. The van der Waals surface area contributed by atoms with Crippen molar-refractivity contribution in [3.63, 3.8) is 0 Å². The second-order valence-corrected chi connectivity index (χ2v) is 6.17. The maximum Gasteiger partial charge on any atom is 0.243 e. The van der Waals surface area contributed by atoms with Gasteiger partial charge in [-0.25, -0.2) is 5.84 Å². The number of hydrogen-bond acceptors (Lipinski definition) is 7. The molecule has 106 valence electrons. The van der Waals surface area contributed by atoms with Gasteiger partial charge in [-0.1, -0.05) is 0 Å². The van der Waals surface area contributed by atoms with Crippen molar-refractivity contribution in [1.82, 2.24) is 15.0 Å². The van der Waals surface area contributed by atoms with Crippen LogP contribution in [-0.2, 0) is 0 Å². The van der Waals surface area contributed by atoms with E-state index < -0.39 is 0 Å². The molecule has 1 heterocycles. The van der Waals surface area contributed by atoms with E-state index in [1.54, 1.807) is 4.90 Å². The van der Waals surface area contributed by atoms with Crippen LogP contribution in [0.4, 0.5) is 23.5 Å². The highest BCUT2D eigenvalue weighted by Gasteiger charge is 2.09. The first-order valence-electron chi connectivity index (χ1n) is 5.61. The number of benzene rings is 1. The summed E-state index contributed by atoms with van der Waals surface area (Å²) in [7, 11) is 3.69. The molecule has 2 rings (SSSR count). The van der Waals surface area contributed by atoms with E-state index in [9.17, 15) is 0 Å². The zero-order valence-corrected chi connectivity index (χ0v) is 14.6. The van der Waals surface area contributed by atoms with Crippen LogP contribution in [0.1, 0.15) is 0 Å². The Morgan fingerprint density at radius 1 is 1.20 bits per heavy atom. The lowest BCUT2D eigenvalue weighted by atomic mass is 10.3. The van der Waals surface area contributed by atoms with Crippen LogP contribution in [0.5, 0.6) is 0 Å². The van der Waals surface area contributed by atoms with Crippen LogP contribution in [0, 0.1) is 3.57 Å². The van der Waals surface area contributed by atoms with Crippen molar-refractivity contribution in [3.05, 3.63) is 26.2 Å². The van der Waals surface area contributed by atoms with Gasteiger partial charge in [-0.3, -0.25) is 5.43 Å². The minimum absolute atomic E-state index is 0.299. The summed E-state index contributed by atoms with van der Waals surface area (Å²) in [5.41, 5.74) is 3.30. The molecular weight excluding hydrogens is 437 g/mol. The molecule has 0 unspecified atom stereocenters. The number of rotatable bonds is 4. The molecule has 20 heavy (non-hydrogen) atoms. The normalized spacial score (nSPS) is 10.2. The third-order valence-electron chi connectivity index (χ3n) is 2.33. The Bertz CT molecular complexity index is 620. The van der Waals surface area contributed by atoms with Gasteiger partial charge in [0.15, 0.2) is 0 Å². The monoisotopic (exact) mass is 449 g/mol. The van der Waals surface area contributed by atoms with Crippen molar-refractivity contribution in [3.8, 4) is 0 Å². The van der Waals surface area contributed by atoms with Crippen molar-refractivity contribution >= 4 is 62.1 Å². The highest BCUT2D eigenvalue weighted by atomic mass is 127. The Labute approximate surface area is 138 Å². The predicted octanol–water partition coefficient (Wildman–Crippen LogP) is 2.33. The summed E-state index contributed by atoms with van der Waals surface area (Å²) in [6, 6.07) is 5.93. The lowest BCUT2D eigenvalue weighted by Crippen LogP contribution is -2.18. The van der Waals surface area contributed by atoms with Gasteiger partial charge in [0.2, 0.25) is 17.8 Å². The van der Waals surface area contributed by atoms with Gasteiger partial charge in [-0.15, -0.1) is 0 Å². The summed E-state index contributed by atoms with van der Waals surface area (Å²) < 4.78 is 2.06. The maximum absolute atomic E-state index is 5.37. The first-order chi connectivity index (χ1) is 9.49. The SMILES string of the molecule is CN(C)c1nc(NN)nc(Nc2ccc(I)cc2Br)n1. The summed E-state index contributed by atoms with van der Waals surface area (Å²) in [6.45, 7) is 0. The van der Waals surface area contributed by atoms with E-state index in [1.165, 1.54) is 0 Å². The molecule has 0 aliphatic carbocycles. The number of nitrogens with zero attached hydrogens (tertiary/aromatic N) is 4. The molecule has 0 fully saturated rings. The second-order valence-electron chi connectivity index (χ2n) is 4.07. The molecule has 7 nitrogen and oxygen atoms in total. The van der Waals surface area contributed by atoms with Gasteiger partial charge in [0.25, 0.3) is 0 Å². The van der Waals surface area contributed by atoms with E-state index in [0.717, 1.165) is 13.7 Å². The van der Waals surface area contributed by atoms with E-state index in [0.29, 0.717) is 17.8 Å². The highest BCUT2D eigenvalue weighted by Crippen LogP contribution is 2.27. The molecule has 1 aromatic carbocycles. The lowest BCUT2D eigenvalue weighted by Gasteiger charge is -2.13. The first-order valence-corrected chi connectivity index (χ1v) is 7.49. The Morgan fingerprint density at radius 3 is 2.50 bits per heavy atom. The Balaban J connectivity index is 2.34. The van der Waals surface area contributed by atoms with E-state index in [1.807, 2.05) is 32.3 Å². The number of halogens is 2. The van der Waals surface area contributed by atoms with Crippen LogP contribution >= 0.6 is 38.5 Å². The zero-order chi connectivity index (χ0) is 14.7. The molecular formula is C11H13BrIN7. The van der Waals surface area contributed by atoms with Crippen molar-refractivity contribution < 1.29 is 0 Å². The number of nitrogens with two attached hydrogens (primary N) is 1. The molecule has 0 aliphatic heterocycles. The van der Waals surface area contributed by atoms with Gasteiger partial charge in [0, 0.05) is 22.1 Å². The average molecular weight is 450 g/mol. The fraction of sp³-hybridized carbons (Fsp3) is 0.182. The molecule has 0 atom stereocenters. The Hall–Kier alpha value is -1.20. The summed E-state index contributed by atoms with van der Waals surface area (Å²) >= 11 is 5.74. The number of hydrogen-bond donors (Lipinski definition) is 3. The Kier molecular flexibility index (Phi) is 4.94. The zero-order valence-electron chi connectivity index (χ0n) is 10.9. The number of nitrogens with one attached hydrogen (secondary N) is 2. The molecule has 2 aromatic rings. The number of anilines is 4. The standard InChI is InChI=1S/C11H13BrIN7/c1-20(2)11-17-9(16-10(18-11)19-14)15-8-4-3-6(13)5-7(8)12/h3-5H,14H2,1-2H3,(H2,15,16,17,18,19). The molecule has 0 radical (unpaired) electrons. The van der Waals surface area contributed by atoms with Gasteiger partial charge < -0.3 is 10.2 Å². The summed E-state index contributed by atoms with van der Waals surface area (Å²) in [4.78, 5) is 14.4. The Morgan fingerprint density at radius 2 is 1.90 bits per heavy atom. The molecule has 0 aliphatic rings. The number of hydrazine groups is 1. The quantitative estimate of drug-likeness (QED) is 0.374. The molecule has 0 saturated carbocycles. The largest absolute Gasteiger partial charge is 0.347 e. The van der Waals surface area contributed by atoms with Crippen LogP contribution in [0.25, 0.3) is 0 Å². The highest BCUT2D eigenvalue weighted by molar-refractivity contribution is 14.1. The average Bonchev–Trinajstić information content (AvgIpc) is 2.41. The van der Waals surface area contributed by atoms with E-state index >= 15 is 0 Å². The smallest absolute Gasteiger partial charge is 0.243 e. The minimum atomic E-state index is 0.299. The van der Waals surface area contributed by atoms with Gasteiger partial charge in [-0.2, -0.15) is 15.0 Å². The third-order valence-corrected chi connectivity index (χ3v) is 3.66. The van der Waals surface area contributed by atoms with Crippen molar-refractivity contribution in [1.29, 1.82) is 0 Å². The van der Waals surface area contributed by atoms with Gasteiger partial charge in [0.05, 0.1) is 5.69 Å². The number of nitrogen functional groups attached to an aromatic ring is 1. The van der Waals surface area contributed by atoms with Gasteiger partial charge in [0.1, 0.15) is 0 Å². The molecule has 0 bridgehead atoms. The second kappa shape index (κ2) is 6.50. The van der Waals surface area contributed by atoms with Crippen LogP contribution in [0.2, 0.25) is 0 Å². The number of aromatic nitrogens is 3. The van der Waals surface area contributed by atoms with Gasteiger partial charge >= 0.3 is 0 Å². The lowest BCUT2D eigenvalue weighted by molar-refractivity contribution is 0.957. The van der Waals surface area contributed by atoms with E-state index in [-0.39, 0.29) is 0 Å². The fourth-order valence-electron chi connectivity index (χ4n) is 1.40. The fourth-order valence-corrected chi connectivity index (χ4v) is 2.79. The van der Waals surface area contributed by atoms with Crippen molar-refractivity contribution in [2.24, 2.45) is 5.84 Å². The maximum atomic E-state index is 5.37. The molecule has 1 aromatic heterocycles. The molecule has 0 spiro atoms. The molecule has 0 amide bonds. The van der Waals surface area contributed by atoms with E-state index in [4.69, 9.17) is 5.84 Å². The van der Waals surface area contributed by atoms with Crippen molar-refractivity contribution in [2.45, 2.75) is 0 Å². The molecule has 9 heteroatoms. The first kappa shape index (κ1) is 15.2. The third kappa shape index (κ3) is 3.67. The molecule has 0 saturated heterocycles. The minimum Gasteiger partial charge on any atom is -0.347 e. The van der Waals surface area contributed by atoms with Crippen LogP contribution < -0.4 is 21.5 Å². The summed E-state index contributed by atoms with van der Waals surface area (Å²) in [5.74, 6) is 6.60. The van der Waals surface area contributed by atoms with Crippen LogP contribution in [-0.4, -0.2) is 29.0 Å². The topological polar surface area (TPSA) is 92.0 Å². The van der Waals surface area contributed by atoms with Gasteiger partial charge in [-0.05, 0) is 56.7 Å². The van der Waals surface area contributed by atoms with Crippen LogP contribution in [0.3, 0.4) is 0 Å². The van der Waals surface area contributed by atoms with Crippen molar-refractivity contribution in [2.75, 3.05) is 29.7 Å². The summed E-state index contributed by atoms with van der Waals surface area (Å²) in [6.07, 6.45) is 0. The summed E-state index contributed by atoms with van der Waals surface area (Å²) in [5, 5.41) is 3.13. The van der Waals surface area contributed by atoms with Crippen LogP contribution in [0.15, 0.2) is 22.7 Å². The molecule has 4 N–H and O–H groups in total.